The van der Waals surface area contributed by atoms with E-state index in [9.17, 15) is 4.79 Å². The van der Waals surface area contributed by atoms with Gasteiger partial charge in [0.2, 0.25) is 0 Å². The van der Waals surface area contributed by atoms with Crippen molar-refractivity contribution in [1.82, 2.24) is 9.47 Å². The number of likely N-dealkylation sites (tertiary alicyclic amines) is 1. The van der Waals surface area contributed by atoms with Crippen LogP contribution in [0.15, 0.2) is 29.2 Å². The number of alkyl halides is 1. The van der Waals surface area contributed by atoms with Crippen molar-refractivity contribution in [2.24, 2.45) is 0 Å². The lowest BCUT2D eigenvalue weighted by atomic mass is 10.1. The molecule has 1 aromatic heterocycles. The number of hydrogen-bond acceptors (Lipinski definition) is 2. The largest absolute Gasteiger partial charge is 0.314 e. The molecular weight excluding hydrogens is 268 g/mol. The summed E-state index contributed by atoms with van der Waals surface area (Å²) >= 11 is 3.66. The molecule has 0 radical (unpaired) electrons. The van der Waals surface area contributed by atoms with Gasteiger partial charge in [-0.15, -0.1) is 0 Å². The van der Waals surface area contributed by atoms with E-state index >= 15 is 0 Å². The van der Waals surface area contributed by atoms with Crippen molar-refractivity contribution in [2.45, 2.75) is 24.2 Å². The predicted octanol–water partition coefficient (Wildman–Crippen LogP) is 1.71. The molecule has 1 aliphatic heterocycles. The summed E-state index contributed by atoms with van der Waals surface area (Å²) in [5.41, 5.74) is 0.0925. The Morgan fingerprint density at radius 2 is 2.25 bits per heavy atom. The van der Waals surface area contributed by atoms with Crippen LogP contribution in [-0.2, 0) is 6.54 Å². The molecule has 0 aliphatic carbocycles. The summed E-state index contributed by atoms with van der Waals surface area (Å²) < 4.78 is 1.78. The zero-order chi connectivity index (χ0) is 11.4. The van der Waals surface area contributed by atoms with Crippen LogP contribution in [0.1, 0.15) is 12.8 Å². The van der Waals surface area contributed by atoms with E-state index in [0.29, 0.717) is 4.83 Å². The molecular formula is C12H17BrN2O. The summed E-state index contributed by atoms with van der Waals surface area (Å²) in [6.07, 6.45) is 4.37. The SMILES string of the molecule is O=c1ccccn1CCN1CCCC(Br)C1. The number of hydrogen-bond donors (Lipinski definition) is 0. The summed E-state index contributed by atoms with van der Waals surface area (Å²) in [6, 6.07) is 5.31. The Kier molecular flexibility index (Phi) is 4.18. The predicted molar refractivity (Wildman–Crippen MR) is 69.1 cm³/mol. The highest BCUT2D eigenvalue weighted by Gasteiger charge is 2.16. The average molecular weight is 285 g/mol. The Morgan fingerprint density at radius 3 is 3.00 bits per heavy atom. The summed E-state index contributed by atoms with van der Waals surface area (Å²) in [5, 5.41) is 0. The number of aromatic nitrogens is 1. The molecule has 1 aromatic rings. The fraction of sp³-hybridized carbons (Fsp3) is 0.583. The molecule has 0 amide bonds. The Morgan fingerprint density at radius 1 is 1.38 bits per heavy atom. The Balaban J connectivity index is 1.87. The number of nitrogens with zero attached hydrogens (tertiary/aromatic N) is 2. The molecule has 0 aromatic carbocycles. The third-order valence-electron chi connectivity index (χ3n) is 3.00. The smallest absolute Gasteiger partial charge is 0.250 e. The monoisotopic (exact) mass is 284 g/mol. The Labute approximate surface area is 104 Å². The second kappa shape index (κ2) is 5.64. The molecule has 16 heavy (non-hydrogen) atoms. The summed E-state index contributed by atoms with van der Waals surface area (Å²) in [7, 11) is 0. The van der Waals surface area contributed by atoms with Crippen molar-refractivity contribution < 1.29 is 0 Å². The van der Waals surface area contributed by atoms with E-state index in [1.807, 2.05) is 12.3 Å². The first-order valence-corrected chi connectivity index (χ1v) is 6.69. The van der Waals surface area contributed by atoms with Gasteiger partial charge in [-0.25, -0.2) is 0 Å². The van der Waals surface area contributed by atoms with Crippen LogP contribution in [0.3, 0.4) is 0 Å². The van der Waals surface area contributed by atoms with Crippen LogP contribution in [-0.4, -0.2) is 33.9 Å². The number of halogens is 1. The van der Waals surface area contributed by atoms with Crippen molar-refractivity contribution in [2.75, 3.05) is 19.6 Å². The molecule has 1 fully saturated rings. The zero-order valence-corrected chi connectivity index (χ0v) is 10.9. The van der Waals surface area contributed by atoms with Gasteiger partial charge in [-0.2, -0.15) is 0 Å². The molecule has 2 heterocycles. The summed E-state index contributed by atoms with van der Waals surface area (Å²) in [6.45, 7) is 4.01. The number of pyridine rings is 1. The minimum Gasteiger partial charge on any atom is -0.314 e. The first-order chi connectivity index (χ1) is 7.75. The normalized spacial score (nSPS) is 22.2. The molecule has 88 valence electrons. The van der Waals surface area contributed by atoms with Crippen LogP contribution in [0, 0.1) is 0 Å². The Hall–Kier alpha value is -0.610. The lowest BCUT2D eigenvalue weighted by molar-refractivity contribution is 0.226. The molecule has 3 nitrogen and oxygen atoms in total. The molecule has 0 spiro atoms. The van der Waals surface area contributed by atoms with Crippen LogP contribution in [0.5, 0.6) is 0 Å². The highest BCUT2D eigenvalue weighted by Crippen LogP contribution is 2.16. The van der Waals surface area contributed by atoms with E-state index in [0.717, 1.165) is 26.2 Å². The minimum absolute atomic E-state index is 0.0925. The van der Waals surface area contributed by atoms with Gasteiger partial charge in [0.15, 0.2) is 0 Å². The minimum atomic E-state index is 0.0925. The summed E-state index contributed by atoms with van der Waals surface area (Å²) in [5.74, 6) is 0. The molecule has 0 N–H and O–H groups in total. The molecule has 1 unspecified atom stereocenters. The van der Waals surface area contributed by atoms with Crippen LogP contribution in [0.25, 0.3) is 0 Å². The standard InChI is InChI=1S/C12H17BrN2O/c13-11-4-3-6-14(10-11)8-9-15-7-2-1-5-12(15)16/h1-2,5,7,11H,3-4,6,8-10H2. The second-order valence-corrected chi connectivity index (χ2v) is 5.57. The van der Waals surface area contributed by atoms with E-state index in [4.69, 9.17) is 0 Å². The van der Waals surface area contributed by atoms with Crippen LogP contribution < -0.4 is 5.56 Å². The van der Waals surface area contributed by atoms with E-state index in [1.165, 1.54) is 12.8 Å². The van der Waals surface area contributed by atoms with E-state index < -0.39 is 0 Å². The quantitative estimate of drug-likeness (QED) is 0.790. The molecule has 4 heteroatoms. The second-order valence-electron chi connectivity index (χ2n) is 4.27. The van der Waals surface area contributed by atoms with Gasteiger partial charge in [0, 0.05) is 36.7 Å². The average Bonchev–Trinajstić information content (AvgIpc) is 2.28. The van der Waals surface area contributed by atoms with Gasteiger partial charge in [0.05, 0.1) is 0 Å². The fourth-order valence-electron chi connectivity index (χ4n) is 2.10. The van der Waals surface area contributed by atoms with Gasteiger partial charge in [-0.1, -0.05) is 22.0 Å². The van der Waals surface area contributed by atoms with Gasteiger partial charge in [0.25, 0.3) is 5.56 Å². The maximum absolute atomic E-state index is 11.5. The van der Waals surface area contributed by atoms with Crippen LogP contribution in [0.2, 0.25) is 0 Å². The van der Waals surface area contributed by atoms with E-state index in [-0.39, 0.29) is 5.56 Å². The van der Waals surface area contributed by atoms with Gasteiger partial charge in [0.1, 0.15) is 0 Å². The van der Waals surface area contributed by atoms with Crippen molar-refractivity contribution in [3.63, 3.8) is 0 Å². The van der Waals surface area contributed by atoms with E-state index in [1.54, 1.807) is 16.7 Å². The molecule has 0 saturated carbocycles. The third kappa shape index (κ3) is 3.19. The lowest BCUT2D eigenvalue weighted by Gasteiger charge is -2.29. The van der Waals surface area contributed by atoms with Crippen molar-refractivity contribution in [3.05, 3.63) is 34.7 Å². The van der Waals surface area contributed by atoms with Crippen LogP contribution >= 0.6 is 15.9 Å². The van der Waals surface area contributed by atoms with E-state index in [2.05, 4.69) is 20.8 Å². The molecule has 1 atom stereocenters. The molecule has 0 bridgehead atoms. The van der Waals surface area contributed by atoms with Gasteiger partial charge < -0.3 is 9.47 Å². The third-order valence-corrected chi connectivity index (χ3v) is 3.75. The van der Waals surface area contributed by atoms with Gasteiger partial charge in [-0.3, -0.25) is 4.79 Å². The topological polar surface area (TPSA) is 25.2 Å². The maximum Gasteiger partial charge on any atom is 0.250 e. The highest BCUT2D eigenvalue weighted by atomic mass is 79.9. The molecule has 1 aliphatic rings. The van der Waals surface area contributed by atoms with Gasteiger partial charge in [-0.05, 0) is 25.5 Å². The first-order valence-electron chi connectivity index (χ1n) is 5.77. The Bertz CT molecular complexity index is 391. The van der Waals surface area contributed by atoms with Gasteiger partial charge >= 0.3 is 0 Å². The zero-order valence-electron chi connectivity index (χ0n) is 9.31. The highest BCUT2D eigenvalue weighted by molar-refractivity contribution is 9.09. The maximum atomic E-state index is 11.5. The molecule has 1 saturated heterocycles. The van der Waals surface area contributed by atoms with Crippen LogP contribution in [0.4, 0.5) is 0 Å². The molecule has 2 rings (SSSR count). The number of rotatable bonds is 3. The van der Waals surface area contributed by atoms with Crippen molar-refractivity contribution >= 4 is 15.9 Å². The lowest BCUT2D eigenvalue weighted by Crippen LogP contribution is -2.38. The van der Waals surface area contributed by atoms with Crippen molar-refractivity contribution in [3.8, 4) is 0 Å². The first kappa shape index (κ1) is 11.9. The van der Waals surface area contributed by atoms with Crippen molar-refractivity contribution in [1.29, 1.82) is 0 Å². The summed E-state index contributed by atoms with van der Waals surface area (Å²) in [4.78, 5) is 14.5. The fourth-order valence-corrected chi connectivity index (χ4v) is 2.83. The number of piperidine rings is 1.